The number of fused-ring (bicyclic) bond motifs is 1. The van der Waals surface area contributed by atoms with Gasteiger partial charge in [-0.05, 0) is 31.5 Å². The monoisotopic (exact) mass is 302 g/mol. The summed E-state index contributed by atoms with van der Waals surface area (Å²) in [5, 5.41) is 5.30. The lowest BCUT2D eigenvalue weighted by Crippen LogP contribution is -1.93. The van der Waals surface area contributed by atoms with Crippen molar-refractivity contribution in [1.29, 1.82) is 0 Å². The van der Waals surface area contributed by atoms with Gasteiger partial charge in [0.25, 0.3) is 0 Å². The normalized spacial score (nSPS) is 11.5. The Balaban J connectivity index is 1.83. The molecule has 0 aliphatic rings. The second kappa shape index (κ2) is 5.68. The Morgan fingerprint density at radius 1 is 1.30 bits per heavy atom. The highest BCUT2D eigenvalue weighted by Crippen LogP contribution is 2.28. The van der Waals surface area contributed by atoms with E-state index in [1.165, 1.54) is 9.75 Å². The topological polar surface area (TPSA) is 50.2 Å². The molecule has 20 heavy (non-hydrogen) atoms. The van der Waals surface area contributed by atoms with Crippen LogP contribution in [0, 0.1) is 6.92 Å². The molecule has 0 unspecified atom stereocenters. The summed E-state index contributed by atoms with van der Waals surface area (Å²) in [7, 11) is 0. The highest BCUT2D eigenvalue weighted by atomic mass is 32.1. The van der Waals surface area contributed by atoms with Gasteiger partial charge in [0.05, 0.1) is 11.6 Å². The van der Waals surface area contributed by atoms with Crippen LogP contribution < -0.4 is 5.43 Å². The number of hydrogen-bond acceptors (Lipinski definition) is 6. The molecule has 4 nitrogen and oxygen atoms in total. The molecule has 0 amide bonds. The highest BCUT2D eigenvalue weighted by Gasteiger charge is 2.06. The third-order valence-electron chi connectivity index (χ3n) is 2.85. The maximum absolute atomic E-state index is 4.30. The maximum Gasteiger partial charge on any atom is 0.158 e. The molecule has 0 aromatic carbocycles. The number of aryl methyl sites for hydroxylation is 2. The molecule has 0 saturated carbocycles. The smallest absolute Gasteiger partial charge is 0.158 e. The summed E-state index contributed by atoms with van der Waals surface area (Å²) in [5.74, 6) is 0.760. The molecule has 102 valence electrons. The zero-order valence-electron chi connectivity index (χ0n) is 11.3. The van der Waals surface area contributed by atoms with Crippen molar-refractivity contribution in [2.24, 2.45) is 5.10 Å². The van der Waals surface area contributed by atoms with Crippen molar-refractivity contribution in [1.82, 2.24) is 9.97 Å². The zero-order chi connectivity index (χ0) is 13.9. The van der Waals surface area contributed by atoms with Gasteiger partial charge < -0.3 is 0 Å². The van der Waals surface area contributed by atoms with Gasteiger partial charge in [-0.1, -0.05) is 6.92 Å². The van der Waals surface area contributed by atoms with Crippen molar-refractivity contribution in [2.75, 3.05) is 5.43 Å². The number of nitrogens with one attached hydrogen (secondary N) is 1. The molecule has 3 aromatic heterocycles. The molecule has 6 heteroatoms. The summed E-state index contributed by atoms with van der Waals surface area (Å²) < 4.78 is 0. The average molecular weight is 302 g/mol. The van der Waals surface area contributed by atoms with Crippen LogP contribution >= 0.6 is 22.7 Å². The number of hydrogen-bond donors (Lipinski definition) is 1. The predicted octanol–water partition coefficient (Wildman–Crippen LogP) is 4.07. The summed E-state index contributed by atoms with van der Waals surface area (Å²) in [5.41, 5.74) is 3.01. The third-order valence-corrected chi connectivity index (χ3v) is 4.97. The minimum Gasteiger partial charge on any atom is -0.261 e. The van der Waals surface area contributed by atoms with E-state index in [1.54, 1.807) is 29.0 Å². The number of thiophene rings is 2. The van der Waals surface area contributed by atoms with Crippen LogP contribution in [0.2, 0.25) is 0 Å². The molecule has 0 bridgehead atoms. The molecule has 0 aliphatic heterocycles. The van der Waals surface area contributed by atoms with Crippen LogP contribution in [0.4, 0.5) is 5.82 Å². The fraction of sp³-hybridized carbons (Fsp3) is 0.214. The molecule has 3 heterocycles. The molecule has 0 atom stereocenters. The lowest BCUT2D eigenvalue weighted by atomic mass is 10.3. The van der Waals surface area contributed by atoms with E-state index in [4.69, 9.17) is 0 Å². The van der Waals surface area contributed by atoms with E-state index in [-0.39, 0.29) is 0 Å². The van der Waals surface area contributed by atoms with Gasteiger partial charge in [0, 0.05) is 14.6 Å². The Kier molecular flexibility index (Phi) is 3.75. The molecule has 1 N–H and O–H groups in total. The van der Waals surface area contributed by atoms with Crippen molar-refractivity contribution in [2.45, 2.75) is 20.3 Å². The first-order valence-electron chi connectivity index (χ1n) is 6.35. The van der Waals surface area contributed by atoms with Crippen LogP contribution in [0.25, 0.3) is 10.2 Å². The Hall–Kier alpha value is -1.79. The summed E-state index contributed by atoms with van der Waals surface area (Å²) in [6.07, 6.45) is 4.41. The van der Waals surface area contributed by atoms with E-state index in [9.17, 15) is 0 Å². The summed E-state index contributed by atoms with van der Waals surface area (Å²) in [6.45, 7) is 4.23. The van der Waals surface area contributed by atoms with Crippen LogP contribution in [-0.2, 0) is 6.42 Å². The van der Waals surface area contributed by atoms with Gasteiger partial charge in [0.1, 0.15) is 11.2 Å². The van der Waals surface area contributed by atoms with Crippen molar-refractivity contribution < 1.29 is 0 Å². The first kappa shape index (κ1) is 13.2. The summed E-state index contributed by atoms with van der Waals surface area (Å²) >= 11 is 3.42. The molecule has 0 saturated heterocycles. The second-order valence-electron chi connectivity index (χ2n) is 4.33. The molecular formula is C14H14N4S2. The van der Waals surface area contributed by atoms with Crippen LogP contribution in [0.15, 0.2) is 29.6 Å². The predicted molar refractivity (Wildman–Crippen MR) is 87.1 cm³/mol. The molecule has 0 radical (unpaired) electrons. The van der Waals surface area contributed by atoms with Crippen molar-refractivity contribution in [3.05, 3.63) is 39.2 Å². The van der Waals surface area contributed by atoms with Crippen LogP contribution in [0.1, 0.15) is 21.6 Å². The zero-order valence-corrected chi connectivity index (χ0v) is 12.9. The van der Waals surface area contributed by atoms with Crippen molar-refractivity contribution >= 4 is 44.9 Å². The van der Waals surface area contributed by atoms with Gasteiger partial charge in [-0.25, -0.2) is 9.97 Å². The quantitative estimate of drug-likeness (QED) is 0.584. The fourth-order valence-corrected chi connectivity index (χ4v) is 3.53. The Bertz CT molecular complexity index is 757. The molecule has 0 aliphatic carbocycles. The lowest BCUT2D eigenvalue weighted by molar-refractivity contribution is 1.18. The standard InChI is InChI=1S/C14H14N4S2/c1-3-10-6-12-13(15-8-16-14(12)20-10)18-17-7-11-5-4-9(2)19-11/h4-8H,3H2,1-2H3,(H,15,16,18). The van der Waals surface area contributed by atoms with Crippen LogP contribution in [0.5, 0.6) is 0 Å². The average Bonchev–Trinajstić information content (AvgIpc) is 3.05. The molecule has 0 spiro atoms. The molecule has 3 aromatic rings. The Morgan fingerprint density at radius 3 is 2.95 bits per heavy atom. The van der Waals surface area contributed by atoms with Gasteiger partial charge in [-0.15, -0.1) is 22.7 Å². The minimum absolute atomic E-state index is 0.760. The Morgan fingerprint density at radius 2 is 2.20 bits per heavy atom. The summed E-state index contributed by atoms with van der Waals surface area (Å²) in [6, 6.07) is 6.27. The summed E-state index contributed by atoms with van der Waals surface area (Å²) in [4.78, 5) is 13.3. The van der Waals surface area contributed by atoms with E-state index in [2.05, 4.69) is 52.5 Å². The molecular weight excluding hydrogens is 288 g/mol. The van der Waals surface area contributed by atoms with E-state index in [0.29, 0.717) is 0 Å². The minimum atomic E-state index is 0.760. The van der Waals surface area contributed by atoms with Gasteiger partial charge in [0.15, 0.2) is 5.82 Å². The number of aromatic nitrogens is 2. The highest BCUT2D eigenvalue weighted by molar-refractivity contribution is 7.18. The van der Waals surface area contributed by atoms with Crippen molar-refractivity contribution in [3.8, 4) is 0 Å². The van der Waals surface area contributed by atoms with Crippen molar-refractivity contribution in [3.63, 3.8) is 0 Å². The van der Waals surface area contributed by atoms with E-state index in [0.717, 1.165) is 27.3 Å². The number of anilines is 1. The van der Waals surface area contributed by atoms with Crippen LogP contribution in [0.3, 0.4) is 0 Å². The van der Waals surface area contributed by atoms with Gasteiger partial charge in [-0.3, -0.25) is 5.43 Å². The fourth-order valence-electron chi connectivity index (χ4n) is 1.85. The number of hydrazone groups is 1. The van der Waals surface area contributed by atoms with Gasteiger partial charge >= 0.3 is 0 Å². The van der Waals surface area contributed by atoms with Crippen LogP contribution in [-0.4, -0.2) is 16.2 Å². The second-order valence-corrected chi connectivity index (χ2v) is 6.76. The SMILES string of the molecule is CCc1cc2c(NN=Cc3ccc(C)s3)ncnc2s1. The van der Waals surface area contributed by atoms with E-state index in [1.807, 2.05) is 6.21 Å². The van der Waals surface area contributed by atoms with Gasteiger partial charge in [0.2, 0.25) is 0 Å². The molecule has 3 rings (SSSR count). The first-order chi connectivity index (χ1) is 9.76. The lowest BCUT2D eigenvalue weighted by Gasteiger charge is -1.99. The van der Waals surface area contributed by atoms with E-state index < -0.39 is 0 Å². The molecule has 0 fully saturated rings. The largest absolute Gasteiger partial charge is 0.261 e. The van der Waals surface area contributed by atoms with Gasteiger partial charge in [-0.2, -0.15) is 5.10 Å². The number of nitrogens with zero attached hydrogens (tertiary/aromatic N) is 3. The maximum atomic E-state index is 4.30. The van der Waals surface area contributed by atoms with E-state index >= 15 is 0 Å². The Labute approximate surface area is 125 Å². The first-order valence-corrected chi connectivity index (χ1v) is 7.98. The third kappa shape index (κ3) is 2.71. The number of rotatable bonds is 4.